The molecule has 0 amide bonds. The Labute approximate surface area is 391 Å². The number of fused-ring (bicyclic) bond motifs is 3. The van der Waals surface area contributed by atoms with Crippen LogP contribution in [0.4, 0.5) is 0 Å². The van der Waals surface area contributed by atoms with Gasteiger partial charge in [-0.05, 0) is 120 Å². The van der Waals surface area contributed by atoms with Crippen molar-refractivity contribution < 1.29 is 0 Å². The number of rotatable bonds is 9. The Morgan fingerprint density at radius 2 is 0.522 bits per heavy atom. The highest BCUT2D eigenvalue weighted by molar-refractivity contribution is 5.89. The van der Waals surface area contributed by atoms with Crippen molar-refractivity contribution in [3.63, 3.8) is 0 Å². The molecule has 3 nitrogen and oxygen atoms in total. The van der Waals surface area contributed by atoms with Gasteiger partial charge in [0.1, 0.15) is 0 Å². The molecule has 0 radical (unpaired) electrons. The predicted octanol–water partition coefficient (Wildman–Crippen LogP) is 15.9. The van der Waals surface area contributed by atoms with Gasteiger partial charge in [0.05, 0.1) is 5.41 Å². The number of hydrogen-bond acceptors (Lipinski definition) is 3. The highest BCUT2D eigenvalue weighted by Crippen LogP contribution is 2.56. The van der Waals surface area contributed by atoms with Gasteiger partial charge in [-0.25, -0.2) is 15.0 Å². The summed E-state index contributed by atoms with van der Waals surface area (Å²) in [5, 5.41) is 0. The van der Waals surface area contributed by atoms with Crippen molar-refractivity contribution in [1.29, 1.82) is 0 Å². The van der Waals surface area contributed by atoms with Crippen LogP contribution in [-0.2, 0) is 5.41 Å². The Balaban J connectivity index is 1.13. The monoisotopic (exact) mass is 853 g/mol. The highest BCUT2D eigenvalue weighted by Gasteiger charge is 2.46. The Morgan fingerprint density at radius 3 is 0.925 bits per heavy atom. The van der Waals surface area contributed by atoms with Gasteiger partial charge in [-0.3, -0.25) is 0 Å². The van der Waals surface area contributed by atoms with Gasteiger partial charge in [0.2, 0.25) is 0 Å². The summed E-state index contributed by atoms with van der Waals surface area (Å²) in [6, 6.07) is 93.1. The van der Waals surface area contributed by atoms with E-state index in [0.29, 0.717) is 17.5 Å². The van der Waals surface area contributed by atoms with E-state index in [0.717, 1.165) is 61.2 Å². The van der Waals surface area contributed by atoms with E-state index in [-0.39, 0.29) is 0 Å². The second-order valence-electron chi connectivity index (χ2n) is 17.2. The summed E-state index contributed by atoms with van der Waals surface area (Å²) < 4.78 is 0. The summed E-state index contributed by atoms with van der Waals surface area (Å²) in [4.78, 5) is 16.4. The SMILES string of the molecule is c1ccc(-c2cc(-c3ccccc3)cc(-c3nc(-c4cc(-c5ccccc5)cc(-c5ccccc5)c4)nc(-c4ccc5c(c4)C(c4ccccc4)(c4ccccc4)c4ccccc4-5)n3)c2)cc1. The first-order valence-corrected chi connectivity index (χ1v) is 22.8. The van der Waals surface area contributed by atoms with Crippen molar-refractivity contribution in [2.24, 2.45) is 0 Å². The maximum atomic E-state index is 5.48. The van der Waals surface area contributed by atoms with Crippen LogP contribution in [0.5, 0.6) is 0 Å². The summed E-state index contributed by atoms with van der Waals surface area (Å²) in [7, 11) is 0. The molecular formula is C64H43N3. The molecule has 1 aliphatic rings. The van der Waals surface area contributed by atoms with Crippen LogP contribution in [0.2, 0.25) is 0 Å². The minimum Gasteiger partial charge on any atom is -0.208 e. The van der Waals surface area contributed by atoms with Crippen molar-refractivity contribution in [1.82, 2.24) is 15.0 Å². The van der Waals surface area contributed by atoms with Crippen LogP contribution in [0.15, 0.2) is 261 Å². The van der Waals surface area contributed by atoms with Gasteiger partial charge in [0, 0.05) is 16.7 Å². The largest absolute Gasteiger partial charge is 0.208 e. The second-order valence-corrected chi connectivity index (χ2v) is 17.2. The van der Waals surface area contributed by atoms with Gasteiger partial charge in [-0.2, -0.15) is 0 Å². The zero-order valence-corrected chi connectivity index (χ0v) is 36.7. The van der Waals surface area contributed by atoms with E-state index in [1.165, 1.54) is 33.4 Å². The maximum absolute atomic E-state index is 5.48. The zero-order chi connectivity index (χ0) is 44.6. The first-order chi connectivity index (χ1) is 33.2. The van der Waals surface area contributed by atoms with Crippen molar-refractivity contribution in [2.75, 3.05) is 0 Å². The van der Waals surface area contributed by atoms with E-state index in [1.54, 1.807) is 0 Å². The topological polar surface area (TPSA) is 38.7 Å². The van der Waals surface area contributed by atoms with Crippen LogP contribution in [0, 0.1) is 0 Å². The summed E-state index contributed by atoms with van der Waals surface area (Å²) in [5.41, 5.74) is 18.3. The Morgan fingerprint density at radius 1 is 0.209 bits per heavy atom. The van der Waals surface area contributed by atoms with Gasteiger partial charge in [0.15, 0.2) is 17.5 Å². The first kappa shape index (κ1) is 39.8. The fourth-order valence-corrected chi connectivity index (χ4v) is 10.0. The molecule has 0 atom stereocenters. The standard InChI is InChI=1S/C64H43N3/c1-7-21-44(22-8-1)49-37-50(45-23-9-2-10-24-45)40-53(39-49)62-65-61(66-63(67-62)54-41-51(46-25-11-3-12-26-46)38-52(42-54)47-27-13-4-14-28-47)48-35-36-58-57-33-19-20-34-59(57)64(60(58)43-48,55-29-15-5-16-30-55)56-31-17-6-18-32-56/h1-43H. The molecule has 0 bridgehead atoms. The second kappa shape index (κ2) is 17.0. The van der Waals surface area contributed by atoms with Crippen LogP contribution in [0.25, 0.3) is 89.8 Å². The average Bonchev–Trinajstić information content (AvgIpc) is 3.72. The third kappa shape index (κ3) is 7.24. The molecule has 0 spiro atoms. The number of hydrogen-bond donors (Lipinski definition) is 0. The van der Waals surface area contributed by atoms with E-state index in [1.807, 2.05) is 0 Å². The van der Waals surface area contributed by atoms with Crippen molar-refractivity contribution >= 4 is 0 Å². The van der Waals surface area contributed by atoms with E-state index in [4.69, 9.17) is 15.0 Å². The lowest BCUT2D eigenvalue weighted by atomic mass is 9.67. The van der Waals surface area contributed by atoms with E-state index >= 15 is 0 Å². The van der Waals surface area contributed by atoms with Crippen molar-refractivity contribution in [2.45, 2.75) is 5.41 Å². The molecule has 1 heterocycles. The molecule has 0 saturated carbocycles. The minimum absolute atomic E-state index is 0.577. The third-order valence-electron chi connectivity index (χ3n) is 13.2. The molecule has 0 fully saturated rings. The highest BCUT2D eigenvalue weighted by atomic mass is 15.0. The first-order valence-electron chi connectivity index (χ1n) is 22.8. The van der Waals surface area contributed by atoms with Crippen LogP contribution in [-0.4, -0.2) is 15.0 Å². The molecule has 67 heavy (non-hydrogen) atoms. The maximum Gasteiger partial charge on any atom is 0.164 e. The van der Waals surface area contributed by atoms with Crippen LogP contribution in [0.1, 0.15) is 22.3 Å². The van der Waals surface area contributed by atoms with Gasteiger partial charge in [0.25, 0.3) is 0 Å². The van der Waals surface area contributed by atoms with E-state index in [2.05, 4.69) is 261 Å². The Bertz CT molecular complexity index is 3240. The molecule has 1 aromatic heterocycles. The average molecular weight is 854 g/mol. The number of benzene rings is 10. The molecule has 0 N–H and O–H groups in total. The Kier molecular flexibility index (Phi) is 10.1. The van der Waals surface area contributed by atoms with E-state index in [9.17, 15) is 0 Å². The lowest BCUT2D eigenvalue weighted by Gasteiger charge is -2.34. The van der Waals surface area contributed by atoms with Crippen LogP contribution in [0.3, 0.4) is 0 Å². The normalized spacial score (nSPS) is 12.3. The molecule has 12 rings (SSSR count). The lowest BCUT2D eigenvalue weighted by molar-refractivity contribution is 0.768. The van der Waals surface area contributed by atoms with E-state index < -0.39 is 5.41 Å². The van der Waals surface area contributed by atoms with Gasteiger partial charge >= 0.3 is 0 Å². The molecule has 314 valence electrons. The molecule has 3 heteroatoms. The zero-order valence-electron chi connectivity index (χ0n) is 36.7. The lowest BCUT2D eigenvalue weighted by Crippen LogP contribution is -2.28. The smallest absolute Gasteiger partial charge is 0.164 e. The molecule has 1 aliphatic carbocycles. The number of aromatic nitrogens is 3. The van der Waals surface area contributed by atoms with Gasteiger partial charge in [-0.1, -0.05) is 218 Å². The summed E-state index contributed by atoms with van der Waals surface area (Å²) in [6.45, 7) is 0. The predicted molar refractivity (Wildman–Crippen MR) is 275 cm³/mol. The Hall–Kier alpha value is -8.79. The van der Waals surface area contributed by atoms with Gasteiger partial charge in [-0.15, -0.1) is 0 Å². The fraction of sp³-hybridized carbons (Fsp3) is 0.0156. The van der Waals surface area contributed by atoms with Crippen molar-refractivity contribution in [3.05, 3.63) is 283 Å². The summed E-state index contributed by atoms with van der Waals surface area (Å²) >= 11 is 0. The summed E-state index contributed by atoms with van der Waals surface area (Å²) in [6.07, 6.45) is 0. The molecule has 0 unspecified atom stereocenters. The van der Waals surface area contributed by atoms with Crippen molar-refractivity contribution in [3.8, 4) is 89.8 Å². The fourth-order valence-electron chi connectivity index (χ4n) is 10.0. The molecule has 0 saturated heterocycles. The minimum atomic E-state index is -0.577. The molecule has 10 aromatic carbocycles. The number of nitrogens with zero attached hydrogens (tertiary/aromatic N) is 3. The molecular weight excluding hydrogens is 811 g/mol. The molecule has 11 aromatic rings. The quantitative estimate of drug-likeness (QED) is 0.145. The van der Waals surface area contributed by atoms with Crippen LogP contribution >= 0.6 is 0 Å². The summed E-state index contributed by atoms with van der Waals surface area (Å²) in [5.74, 6) is 1.80. The van der Waals surface area contributed by atoms with Gasteiger partial charge < -0.3 is 0 Å². The third-order valence-corrected chi connectivity index (χ3v) is 13.2. The van der Waals surface area contributed by atoms with Crippen LogP contribution < -0.4 is 0 Å². The molecule has 0 aliphatic heterocycles.